The number of carbonyl (C=O) groups excluding carboxylic acids is 2. The molecule has 0 fully saturated rings. The third-order valence-electron chi connectivity index (χ3n) is 4.17. The molecule has 2 N–H and O–H groups in total. The Morgan fingerprint density at radius 2 is 2.30 bits per heavy atom. The lowest BCUT2D eigenvalue weighted by molar-refractivity contribution is -0.118. The largest absolute Gasteiger partial charge is 0.482 e. The van der Waals surface area contributed by atoms with Crippen LogP contribution in [0, 0.1) is 0 Å². The molecule has 1 atom stereocenters. The molecule has 9 heteroatoms. The van der Waals surface area contributed by atoms with Crippen molar-refractivity contribution >= 4 is 28.8 Å². The van der Waals surface area contributed by atoms with Crippen LogP contribution in [-0.2, 0) is 11.8 Å². The van der Waals surface area contributed by atoms with Crippen LogP contribution in [-0.4, -0.2) is 33.2 Å². The van der Waals surface area contributed by atoms with Crippen LogP contribution in [0.1, 0.15) is 29.0 Å². The number of hydrogen-bond acceptors (Lipinski definition) is 6. The van der Waals surface area contributed by atoms with Crippen LogP contribution in [0.4, 0.5) is 5.69 Å². The molecule has 0 bridgehead atoms. The summed E-state index contributed by atoms with van der Waals surface area (Å²) >= 11 is 1.40. The number of hydrogen-bond donors (Lipinski definition) is 2. The molecule has 0 saturated heterocycles. The van der Waals surface area contributed by atoms with E-state index >= 15 is 0 Å². The van der Waals surface area contributed by atoms with Gasteiger partial charge in [0.05, 0.1) is 17.9 Å². The number of amides is 2. The van der Waals surface area contributed by atoms with Crippen molar-refractivity contribution in [3.63, 3.8) is 0 Å². The Labute approximate surface area is 159 Å². The monoisotopic (exact) mass is 383 g/mol. The van der Waals surface area contributed by atoms with Gasteiger partial charge in [0.15, 0.2) is 6.61 Å². The van der Waals surface area contributed by atoms with Crippen molar-refractivity contribution in [3.8, 4) is 16.3 Å². The lowest BCUT2D eigenvalue weighted by atomic mass is 10.1. The molecule has 2 aromatic heterocycles. The lowest BCUT2D eigenvalue weighted by Crippen LogP contribution is -2.28. The van der Waals surface area contributed by atoms with Gasteiger partial charge in [0.1, 0.15) is 16.5 Å². The van der Waals surface area contributed by atoms with Crippen molar-refractivity contribution in [2.75, 3.05) is 11.9 Å². The number of nitrogens with zero attached hydrogens (tertiary/aromatic N) is 3. The Hall–Kier alpha value is -3.20. The van der Waals surface area contributed by atoms with E-state index < -0.39 is 0 Å². The number of benzene rings is 1. The van der Waals surface area contributed by atoms with Crippen LogP contribution in [0.15, 0.2) is 36.0 Å². The molecule has 1 aromatic carbocycles. The smallest absolute Gasteiger partial charge is 0.271 e. The summed E-state index contributed by atoms with van der Waals surface area (Å²) in [6.45, 7) is 1.89. The average molecular weight is 383 g/mol. The number of fused-ring (bicyclic) bond motifs is 1. The summed E-state index contributed by atoms with van der Waals surface area (Å²) < 4.78 is 7.04. The maximum Gasteiger partial charge on any atom is 0.271 e. The van der Waals surface area contributed by atoms with E-state index in [1.165, 1.54) is 11.3 Å². The molecule has 0 saturated carbocycles. The minimum atomic E-state index is -0.259. The molecule has 3 heterocycles. The summed E-state index contributed by atoms with van der Waals surface area (Å²) in [5.41, 5.74) is 2.70. The van der Waals surface area contributed by atoms with Crippen LogP contribution in [0.2, 0.25) is 0 Å². The standard InChI is InChI=1S/C18H17N5O3S/c1-10(11-3-4-15-13(5-11)21-16(24)8-26-15)20-17(25)14-9-27-18(22-14)12-6-19-23(2)7-12/h3-7,9-10H,8H2,1-2H3,(H,20,25)(H,21,24)/t10-/m1/s1. The summed E-state index contributed by atoms with van der Waals surface area (Å²) in [7, 11) is 1.83. The van der Waals surface area contributed by atoms with Gasteiger partial charge in [0.25, 0.3) is 11.8 Å². The highest BCUT2D eigenvalue weighted by molar-refractivity contribution is 7.13. The normalized spacial score (nSPS) is 14.1. The minimum Gasteiger partial charge on any atom is -0.482 e. The average Bonchev–Trinajstić information content (AvgIpc) is 3.30. The molecule has 0 aliphatic carbocycles. The van der Waals surface area contributed by atoms with Crippen molar-refractivity contribution in [3.05, 3.63) is 47.2 Å². The summed E-state index contributed by atoms with van der Waals surface area (Å²) in [6, 6.07) is 5.20. The van der Waals surface area contributed by atoms with E-state index in [4.69, 9.17) is 4.74 Å². The SMILES string of the molecule is C[C@@H](NC(=O)c1csc(-c2cnn(C)c2)n1)c1ccc2c(c1)NC(=O)CO2. The minimum absolute atomic E-state index is 0.0156. The third-order valence-corrected chi connectivity index (χ3v) is 5.06. The topological polar surface area (TPSA) is 98.1 Å². The molecule has 3 aromatic rings. The van der Waals surface area contributed by atoms with Gasteiger partial charge in [-0.15, -0.1) is 11.3 Å². The van der Waals surface area contributed by atoms with Gasteiger partial charge < -0.3 is 15.4 Å². The Kier molecular flexibility index (Phi) is 4.36. The molecule has 4 rings (SSSR count). The van der Waals surface area contributed by atoms with Gasteiger partial charge in [-0.1, -0.05) is 6.07 Å². The second kappa shape index (κ2) is 6.84. The molecule has 0 radical (unpaired) electrons. The van der Waals surface area contributed by atoms with E-state index in [0.29, 0.717) is 17.1 Å². The Morgan fingerprint density at radius 3 is 3.07 bits per heavy atom. The summed E-state index contributed by atoms with van der Waals surface area (Å²) in [5, 5.41) is 12.3. The van der Waals surface area contributed by atoms with E-state index in [9.17, 15) is 9.59 Å². The predicted molar refractivity (Wildman–Crippen MR) is 101 cm³/mol. The summed E-state index contributed by atoms with van der Waals surface area (Å²) in [6.07, 6.45) is 3.57. The van der Waals surface area contributed by atoms with Crippen molar-refractivity contribution in [1.82, 2.24) is 20.1 Å². The van der Waals surface area contributed by atoms with Crippen molar-refractivity contribution in [2.24, 2.45) is 7.05 Å². The number of aromatic nitrogens is 3. The van der Waals surface area contributed by atoms with Crippen molar-refractivity contribution in [2.45, 2.75) is 13.0 Å². The Morgan fingerprint density at radius 1 is 1.44 bits per heavy atom. The molecule has 1 aliphatic rings. The Bertz CT molecular complexity index is 1030. The van der Waals surface area contributed by atoms with Gasteiger partial charge in [-0.2, -0.15) is 5.10 Å². The first kappa shape index (κ1) is 17.2. The highest BCUT2D eigenvalue weighted by atomic mass is 32.1. The maximum absolute atomic E-state index is 12.5. The van der Waals surface area contributed by atoms with Crippen LogP contribution < -0.4 is 15.4 Å². The zero-order chi connectivity index (χ0) is 19.0. The number of nitrogens with one attached hydrogen (secondary N) is 2. The van der Waals surface area contributed by atoms with E-state index in [-0.39, 0.29) is 24.5 Å². The van der Waals surface area contributed by atoms with Gasteiger partial charge in [0.2, 0.25) is 0 Å². The van der Waals surface area contributed by atoms with Gasteiger partial charge in [-0.05, 0) is 24.6 Å². The molecule has 1 aliphatic heterocycles. The molecule has 8 nitrogen and oxygen atoms in total. The molecule has 0 unspecified atom stereocenters. The first-order valence-corrected chi connectivity index (χ1v) is 9.19. The Balaban J connectivity index is 1.47. The van der Waals surface area contributed by atoms with E-state index in [1.54, 1.807) is 28.4 Å². The van der Waals surface area contributed by atoms with Crippen LogP contribution >= 0.6 is 11.3 Å². The van der Waals surface area contributed by atoms with E-state index in [1.807, 2.05) is 26.2 Å². The highest BCUT2D eigenvalue weighted by Crippen LogP contribution is 2.30. The number of carbonyl (C=O) groups is 2. The first-order valence-electron chi connectivity index (χ1n) is 8.31. The van der Waals surface area contributed by atoms with Gasteiger partial charge in [-0.25, -0.2) is 4.98 Å². The number of ether oxygens (including phenoxy) is 1. The van der Waals surface area contributed by atoms with Crippen LogP contribution in [0.25, 0.3) is 10.6 Å². The van der Waals surface area contributed by atoms with Crippen molar-refractivity contribution < 1.29 is 14.3 Å². The second-order valence-electron chi connectivity index (χ2n) is 6.23. The highest BCUT2D eigenvalue weighted by Gasteiger charge is 2.19. The van der Waals surface area contributed by atoms with Gasteiger partial charge >= 0.3 is 0 Å². The van der Waals surface area contributed by atoms with Gasteiger partial charge in [0, 0.05) is 24.2 Å². The fourth-order valence-corrected chi connectivity index (χ4v) is 3.54. The van der Waals surface area contributed by atoms with Crippen LogP contribution in [0.3, 0.4) is 0 Å². The molecule has 27 heavy (non-hydrogen) atoms. The lowest BCUT2D eigenvalue weighted by Gasteiger charge is -2.20. The fraction of sp³-hybridized carbons (Fsp3) is 0.222. The summed E-state index contributed by atoms with van der Waals surface area (Å²) in [4.78, 5) is 28.4. The first-order chi connectivity index (χ1) is 13.0. The third kappa shape index (κ3) is 3.54. The fourth-order valence-electron chi connectivity index (χ4n) is 2.77. The predicted octanol–water partition coefficient (Wildman–Crippen LogP) is 2.37. The molecule has 138 valence electrons. The van der Waals surface area contributed by atoms with Gasteiger partial charge in [-0.3, -0.25) is 14.3 Å². The quantitative estimate of drug-likeness (QED) is 0.721. The van der Waals surface area contributed by atoms with E-state index in [2.05, 4.69) is 20.7 Å². The van der Waals surface area contributed by atoms with Crippen molar-refractivity contribution in [1.29, 1.82) is 0 Å². The van der Waals surface area contributed by atoms with Crippen LogP contribution in [0.5, 0.6) is 5.75 Å². The zero-order valence-corrected chi connectivity index (χ0v) is 15.5. The van der Waals surface area contributed by atoms with E-state index in [0.717, 1.165) is 16.1 Å². The maximum atomic E-state index is 12.5. The molecular formula is C18H17N5O3S. The number of rotatable bonds is 4. The zero-order valence-electron chi connectivity index (χ0n) is 14.7. The number of aryl methyl sites for hydroxylation is 1. The number of anilines is 1. The molecule has 0 spiro atoms. The molecule has 2 amide bonds. The summed E-state index contributed by atoms with van der Waals surface area (Å²) in [5.74, 6) is 0.172. The number of thiazole rings is 1. The second-order valence-corrected chi connectivity index (χ2v) is 7.09. The molecular weight excluding hydrogens is 366 g/mol.